The van der Waals surface area contributed by atoms with Gasteiger partial charge in [0.15, 0.2) is 12.4 Å². The Labute approximate surface area is 247 Å². The lowest BCUT2D eigenvalue weighted by Gasteiger charge is -2.22. The Kier molecular flexibility index (Phi) is 25.3. The smallest absolute Gasteiger partial charge is 0.220 e. The van der Waals surface area contributed by atoms with Crippen LogP contribution in [-0.2, 0) is 11.3 Å². The van der Waals surface area contributed by atoms with Crippen LogP contribution in [-0.4, -0.2) is 34.9 Å². The van der Waals surface area contributed by atoms with Gasteiger partial charge in [0, 0.05) is 25.0 Å². The molecular formula is C35H65N2O3+. The monoisotopic (exact) mass is 561 g/mol. The normalized spacial score (nSPS) is 12.9. The predicted octanol–water partition coefficient (Wildman–Crippen LogP) is 8.19. The number of rotatable bonds is 29. The molecule has 0 aliphatic carbocycles. The van der Waals surface area contributed by atoms with Gasteiger partial charge < -0.3 is 15.5 Å². The maximum atomic E-state index is 12.3. The highest BCUT2D eigenvalue weighted by Crippen LogP contribution is 2.15. The first kappa shape index (κ1) is 36.6. The van der Waals surface area contributed by atoms with Crippen molar-refractivity contribution < 1.29 is 19.6 Å². The zero-order chi connectivity index (χ0) is 28.9. The Morgan fingerprint density at radius 3 is 1.60 bits per heavy atom. The number of aryl methyl sites for hydroxylation is 1. The van der Waals surface area contributed by atoms with Crippen LogP contribution in [0, 0.1) is 0 Å². The summed E-state index contributed by atoms with van der Waals surface area (Å²) < 4.78 is 2.25. The number of carbonyl (C=O) groups excluding carboxylic acids is 1. The molecule has 40 heavy (non-hydrogen) atoms. The van der Waals surface area contributed by atoms with Crippen molar-refractivity contribution in [3.8, 4) is 0 Å². The van der Waals surface area contributed by atoms with Gasteiger partial charge in [-0.25, -0.2) is 4.57 Å². The van der Waals surface area contributed by atoms with Gasteiger partial charge in [0.2, 0.25) is 5.91 Å². The highest BCUT2D eigenvalue weighted by molar-refractivity contribution is 5.76. The summed E-state index contributed by atoms with van der Waals surface area (Å²) in [5.41, 5.74) is 0. The molecule has 0 aliphatic heterocycles. The van der Waals surface area contributed by atoms with E-state index in [1.807, 2.05) is 0 Å². The van der Waals surface area contributed by atoms with Crippen LogP contribution >= 0.6 is 0 Å². The van der Waals surface area contributed by atoms with Crippen molar-refractivity contribution in [2.24, 2.45) is 0 Å². The number of aromatic nitrogens is 1. The molecule has 232 valence electrons. The van der Waals surface area contributed by atoms with Crippen LogP contribution in [0.15, 0.2) is 30.6 Å². The number of unbranched alkanes of at least 4 members (excludes halogenated alkanes) is 20. The molecule has 0 saturated heterocycles. The van der Waals surface area contributed by atoms with Crippen LogP contribution in [0.25, 0.3) is 0 Å². The van der Waals surface area contributed by atoms with Crippen molar-refractivity contribution in [3.63, 3.8) is 0 Å². The quantitative estimate of drug-likeness (QED) is 0.0682. The largest absolute Gasteiger partial charge is 0.394 e. The second-order valence-electron chi connectivity index (χ2n) is 12.0. The summed E-state index contributed by atoms with van der Waals surface area (Å²) in [6, 6.07) is 5.69. The van der Waals surface area contributed by atoms with Crippen molar-refractivity contribution in [1.29, 1.82) is 0 Å². The van der Waals surface area contributed by atoms with Crippen LogP contribution < -0.4 is 9.88 Å². The Hall–Kier alpha value is -1.46. The van der Waals surface area contributed by atoms with Gasteiger partial charge in [-0.1, -0.05) is 135 Å². The average molecular weight is 562 g/mol. The van der Waals surface area contributed by atoms with E-state index in [0.29, 0.717) is 12.8 Å². The molecule has 0 unspecified atom stereocenters. The summed E-state index contributed by atoms with van der Waals surface area (Å²) in [7, 11) is 0. The molecule has 2 atom stereocenters. The number of pyridine rings is 1. The fraction of sp³-hybridized carbons (Fsp3) is 0.829. The molecule has 1 aromatic heterocycles. The lowest BCUT2D eigenvalue weighted by molar-refractivity contribution is -0.697. The first-order chi connectivity index (χ1) is 19.7. The van der Waals surface area contributed by atoms with Crippen LogP contribution in [0.4, 0.5) is 0 Å². The molecule has 1 aromatic rings. The van der Waals surface area contributed by atoms with Gasteiger partial charge in [-0.3, -0.25) is 4.79 Å². The highest BCUT2D eigenvalue weighted by atomic mass is 16.3. The highest BCUT2D eigenvalue weighted by Gasteiger charge is 2.19. The van der Waals surface area contributed by atoms with Crippen molar-refractivity contribution in [1.82, 2.24) is 5.32 Å². The lowest BCUT2D eigenvalue weighted by atomic mass is 10.0. The van der Waals surface area contributed by atoms with E-state index in [1.165, 1.54) is 116 Å². The zero-order valence-electron chi connectivity index (χ0n) is 26.2. The lowest BCUT2D eigenvalue weighted by Crippen LogP contribution is -2.45. The summed E-state index contributed by atoms with van der Waals surface area (Å²) in [5.74, 6) is -0.0419. The minimum absolute atomic E-state index is 0.0419. The molecule has 3 N–H and O–H groups in total. The van der Waals surface area contributed by atoms with Crippen molar-refractivity contribution in [2.45, 2.75) is 180 Å². The van der Waals surface area contributed by atoms with Crippen LogP contribution in [0.2, 0.25) is 0 Å². The standard InChI is InChI=1S/C35H64N2O3/c1-2-3-4-5-6-7-8-9-10-12-15-18-22-27-34(39)33(32-38)36-35(40)28-23-19-16-13-11-14-17-20-24-29-37-30-25-21-26-31-37/h21,25-26,30-31,33-34,38-39H,2-20,22-24,27-29,32H2,1H3/p+1/t33-,34-/m0/s1. The molecule has 0 bridgehead atoms. The molecule has 5 heteroatoms. The fourth-order valence-electron chi connectivity index (χ4n) is 5.52. The molecule has 1 rings (SSSR count). The zero-order valence-corrected chi connectivity index (χ0v) is 26.2. The first-order valence-corrected chi connectivity index (χ1v) is 17.2. The third kappa shape index (κ3) is 22.3. The van der Waals surface area contributed by atoms with E-state index in [0.717, 1.165) is 32.2 Å². The summed E-state index contributed by atoms with van der Waals surface area (Å²) in [4.78, 5) is 12.3. The Balaban J connectivity index is 1.90. The predicted molar refractivity (Wildman–Crippen MR) is 168 cm³/mol. The summed E-state index contributed by atoms with van der Waals surface area (Å²) in [6.45, 7) is 3.18. The van der Waals surface area contributed by atoms with E-state index < -0.39 is 12.1 Å². The van der Waals surface area contributed by atoms with E-state index >= 15 is 0 Å². The second-order valence-corrected chi connectivity index (χ2v) is 12.0. The van der Waals surface area contributed by atoms with E-state index in [1.54, 1.807) is 0 Å². The average Bonchev–Trinajstić information content (AvgIpc) is 2.97. The van der Waals surface area contributed by atoms with Gasteiger partial charge in [-0.2, -0.15) is 0 Å². The van der Waals surface area contributed by atoms with E-state index in [2.05, 4.69) is 47.4 Å². The molecule has 5 nitrogen and oxygen atoms in total. The topological polar surface area (TPSA) is 73.4 Å². The van der Waals surface area contributed by atoms with Gasteiger partial charge >= 0.3 is 0 Å². The minimum atomic E-state index is -0.659. The van der Waals surface area contributed by atoms with Crippen molar-refractivity contribution in [3.05, 3.63) is 30.6 Å². The first-order valence-electron chi connectivity index (χ1n) is 17.2. The van der Waals surface area contributed by atoms with Gasteiger partial charge in [-0.05, 0) is 19.3 Å². The van der Waals surface area contributed by atoms with E-state index in [-0.39, 0.29) is 12.5 Å². The van der Waals surface area contributed by atoms with E-state index in [9.17, 15) is 15.0 Å². The van der Waals surface area contributed by atoms with Crippen LogP contribution in [0.3, 0.4) is 0 Å². The molecular weight excluding hydrogens is 496 g/mol. The van der Waals surface area contributed by atoms with Gasteiger partial charge in [0.05, 0.1) is 18.8 Å². The number of carbonyl (C=O) groups is 1. The molecule has 0 fully saturated rings. The van der Waals surface area contributed by atoms with Crippen LogP contribution in [0.5, 0.6) is 0 Å². The fourth-order valence-corrected chi connectivity index (χ4v) is 5.52. The number of hydrogen-bond acceptors (Lipinski definition) is 3. The Bertz CT molecular complexity index is 670. The number of aliphatic hydroxyl groups excluding tert-OH is 2. The van der Waals surface area contributed by atoms with Crippen LogP contribution in [0.1, 0.15) is 161 Å². The number of nitrogens with zero attached hydrogens (tertiary/aromatic N) is 1. The third-order valence-electron chi connectivity index (χ3n) is 8.21. The molecule has 0 aliphatic rings. The van der Waals surface area contributed by atoms with Crippen molar-refractivity contribution >= 4 is 5.91 Å². The van der Waals surface area contributed by atoms with Gasteiger partial charge in [0.1, 0.15) is 6.54 Å². The third-order valence-corrected chi connectivity index (χ3v) is 8.21. The summed E-state index contributed by atoms with van der Waals surface area (Å²) >= 11 is 0. The minimum Gasteiger partial charge on any atom is -0.394 e. The maximum absolute atomic E-state index is 12.3. The molecule has 0 saturated carbocycles. The second kappa shape index (κ2) is 27.7. The van der Waals surface area contributed by atoms with Gasteiger partial charge in [0.25, 0.3) is 0 Å². The Morgan fingerprint density at radius 2 is 1.10 bits per heavy atom. The molecule has 0 spiro atoms. The number of aliphatic hydroxyl groups is 2. The SMILES string of the molecule is CCCCCCCCCCCCCCC[C@H](O)[C@H](CO)NC(=O)CCCCCCCCCCC[n+]1ccccc1. The summed E-state index contributed by atoms with van der Waals surface area (Å²) in [6.07, 6.45) is 32.4. The molecule has 0 aromatic carbocycles. The number of amides is 1. The Morgan fingerprint density at radius 1 is 0.650 bits per heavy atom. The molecule has 0 radical (unpaired) electrons. The number of hydrogen-bond donors (Lipinski definition) is 3. The number of nitrogens with one attached hydrogen (secondary N) is 1. The maximum Gasteiger partial charge on any atom is 0.220 e. The van der Waals surface area contributed by atoms with Gasteiger partial charge in [-0.15, -0.1) is 0 Å². The molecule has 1 heterocycles. The summed E-state index contributed by atoms with van der Waals surface area (Å²) in [5, 5.41) is 23.0. The van der Waals surface area contributed by atoms with E-state index in [4.69, 9.17) is 0 Å². The molecule has 1 amide bonds. The van der Waals surface area contributed by atoms with Crippen molar-refractivity contribution in [2.75, 3.05) is 6.61 Å².